The van der Waals surface area contributed by atoms with Crippen LogP contribution in [0.5, 0.6) is 0 Å². The molecule has 0 amide bonds. The Labute approximate surface area is 169 Å². The summed E-state index contributed by atoms with van der Waals surface area (Å²) in [7, 11) is 0. The van der Waals surface area contributed by atoms with Gasteiger partial charge in [0.05, 0.1) is 25.3 Å². The van der Waals surface area contributed by atoms with Crippen molar-refractivity contribution in [1.82, 2.24) is 0 Å². The van der Waals surface area contributed by atoms with Crippen LogP contribution in [-0.2, 0) is 6.42 Å². The number of hydrogen-bond donors (Lipinski definition) is 0. The number of likely N-dealkylation sites (tertiary alicyclic amines) is 1. The maximum absolute atomic E-state index is 4.28. The van der Waals surface area contributed by atoms with E-state index in [0.717, 1.165) is 10.5 Å². The fourth-order valence-corrected chi connectivity index (χ4v) is 4.92. The minimum Gasteiger partial charge on any atom is -0.295 e. The molecule has 1 aliphatic heterocycles. The van der Waals surface area contributed by atoms with Crippen LogP contribution >= 0.6 is 0 Å². The fourth-order valence-electron chi connectivity index (χ4n) is 4.92. The van der Waals surface area contributed by atoms with E-state index in [0.29, 0.717) is 0 Å². The molecule has 1 aromatic rings. The summed E-state index contributed by atoms with van der Waals surface area (Å²) in [6.07, 6.45) is 21.8. The molecule has 1 saturated heterocycles. The zero-order chi connectivity index (χ0) is 19.2. The monoisotopic (exact) mass is 370 g/mol. The van der Waals surface area contributed by atoms with Crippen LogP contribution in [0.1, 0.15) is 96.0 Å². The number of nitrogens with zero attached hydrogens (tertiary/aromatic N) is 1. The molecule has 1 heteroatoms. The number of rotatable bonds is 14. The Bertz CT molecular complexity index is 494. The van der Waals surface area contributed by atoms with Crippen molar-refractivity contribution in [3.63, 3.8) is 0 Å². The lowest BCUT2D eigenvalue weighted by molar-refractivity contribution is -0.909. The third-order valence-corrected chi connectivity index (χ3v) is 6.69. The van der Waals surface area contributed by atoms with Crippen LogP contribution in [0.15, 0.2) is 43.1 Å². The van der Waals surface area contributed by atoms with E-state index < -0.39 is 0 Å². The number of piperidine rings is 1. The molecular weight excluding hydrogens is 326 g/mol. The normalized spacial score (nSPS) is 22.6. The first-order valence-electron chi connectivity index (χ1n) is 11.8. The van der Waals surface area contributed by atoms with Gasteiger partial charge in [-0.25, -0.2) is 0 Å². The minimum absolute atomic E-state index is 0.734. The second-order valence-electron chi connectivity index (χ2n) is 8.75. The van der Waals surface area contributed by atoms with Gasteiger partial charge in [-0.15, -0.1) is 0 Å². The second kappa shape index (κ2) is 13.2. The first-order valence-corrected chi connectivity index (χ1v) is 11.8. The Hall–Kier alpha value is -1.08. The molecule has 0 spiro atoms. The molecule has 2 rings (SSSR count). The predicted octanol–water partition coefficient (Wildman–Crippen LogP) is 7.66. The van der Waals surface area contributed by atoms with Gasteiger partial charge in [0.25, 0.3) is 0 Å². The molecule has 152 valence electrons. The molecule has 2 unspecified atom stereocenters. The maximum atomic E-state index is 4.28. The van der Waals surface area contributed by atoms with Gasteiger partial charge >= 0.3 is 0 Å². The van der Waals surface area contributed by atoms with Crippen molar-refractivity contribution >= 4 is 0 Å². The molecular formula is C26H44N+. The molecule has 2 atom stereocenters. The lowest BCUT2D eigenvalue weighted by Gasteiger charge is -2.45. The largest absolute Gasteiger partial charge is 0.295 e. The van der Waals surface area contributed by atoms with E-state index in [1.807, 2.05) is 0 Å². The van der Waals surface area contributed by atoms with Crippen molar-refractivity contribution in [3.8, 4) is 0 Å². The van der Waals surface area contributed by atoms with Gasteiger partial charge in [0.2, 0.25) is 0 Å². The lowest BCUT2D eigenvalue weighted by atomic mass is 9.92. The quantitative estimate of drug-likeness (QED) is 0.233. The summed E-state index contributed by atoms with van der Waals surface area (Å²) in [4.78, 5) is 0. The van der Waals surface area contributed by atoms with Gasteiger partial charge in [-0.1, -0.05) is 88.6 Å². The molecule has 0 aromatic heterocycles. The van der Waals surface area contributed by atoms with Crippen LogP contribution in [0.25, 0.3) is 0 Å². The Balaban J connectivity index is 1.70. The molecule has 0 N–H and O–H groups in total. The molecule has 27 heavy (non-hydrogen) atoms. The Morgan fingerprint density at radius 3 is 2.15 bits per heavy atom. The van der Waals surface area contributed by atoms with E-state index in [9.17, 15) is 0 Å². The van der Waals surface area contributed by atoms with Crippen LogP contribution in [0.4, 0.5) is 0 Å². The summed E-state index contributed by atoms with van der Waals surface area (Å²) in [5.74, 6) is 0. The van der Waals surface area contributed by atoms with Gasteiger partial charge in [0.15, 0.2) is 0 Å². The highest BCUT2D eigenvalue weighted by atomic mass is 15.4. The van der Waals surface area contributed by atoms with Gasteiger partial charge in [-0.3, -0.25) is 4.48 Å². The third kappa shape index (κ3) is 7.82. The summed E-state index contributed by atoms with van der Waals surface area (Å²) in [6.45, 7) is 9.19. The Morgan fingerprint density at radius 2 is 1.52 bits per heavy atom. The van der Waals surface area contributed by atoms with Crippen LogP contribution in [0, 0.1) is 0 Å². The maximum Gasteiger partial charge on any atom is 0.0972 e. The molecule has 0 aliphatic carbocycles. The molecule has 1 nitrogen and oxygen atoms in total. The average Bonchev–Trinajstić information content (AvgIpc) is 2.71. The van der Waals surface area contributed by atoms with Gasteiger partial charge in [-0.2, -0.15) is 0 Å². The molecule has 1 heterocycles. The fraction of sp³-hybridized carbons (Fsp3) is 0.692. The van der Waals surface area contributed by atoms with Gasteiger partial charge in [0.1, 0.15) is 0 Å². The van der Waals surface area contributed by atoms with E-state index in [1.54, 1.807) is 0 Å². The van der Waals surface area contributed by atoms with Crippen molar-refractivity contribution in [3.05, 3.63) is 48.7 Å². The summed E-state index contributed by atoms with van der Waals surface area (Å²) in [5.41, 5.74) is 1.50. The zero-order valence-corrected chi connectivity index (χ0v) is 18.0. The van der Waals surface area contributed by atoms with E-state index in [4.69, 9.17) is 0 Å². The van der Waals surface area contributed by atoms with Gasteiger partial charge < -0.3 is 0 Å². The zero-order valence-electron chi connectivity index (χ0n) is 18.0. The number of unbranched alkanes of at least 4 members (excludes halogenated alkanes) is 9. The van der Waals surface area contributed by atoms with Crippen molar-refractivity contribution in [1.29, 1.82) is 0 Å². The van der Waals surface area contributed by atoms with Crippen molar-refractivity contribution in [2.24, 2.45) is 0 Å². The van der Waals surface area contributed by atoms with E-state index in [1.165, 1.54) is 109 Å². The lowest BCUT2D eigenvalue weighted by Crippen LogP contribution is -2.55. The van der Waals surface area contributed by atoms with E-state index in [-0.39, 0.29) is 0 Å². The SMILES string of the molecule is C=C[N+]1(CCCCCCCCCCCC)CCCCC1Cc1ccccc1. The molecule has 1 aromatic carbocycles. The van der Waals surface area contributed by atoms with Crippen LogP contribution in [0.2, 0.25) is 0 Å². The second-order valence-corrected chi connectivity index (χ2v) is 8.75. The topological polar surface area (TPSA) is 0 Å². The molecule has 0 bridgehead atoms. The summed E-state index contributed by atoms with van der Waals surface area (Å²) >= 11 is 0. The average molecular weight is 371 g/mol. The van der Waals surface area contributed by atoms with Crippen molar-refractivity contribution in [2.75, 3.05) is 13.1 Å². The van der Waals surface area contributed by atoms with Crippen LogP contribution in [-0.4, -0.2) is 23.6 Å². The molecule has 1 fully saturated rings. The van der Waals surface area contributed by atoms with Crippen LogP contribution < -0.4 is 0 Å². The van der Waals surface area contributed by atoms with Crippen molar-refractivity contribution < 1.29 is 4.48 Å². The summed E-state index contributed by atoms with van der Waals surface area (Å²) < 4.78 is 1.16. The minimum atomic E-state index is 0.734. The third-order valence-electron chi connectivity index (χ3n) is 6.69. The predicted molar refractivity (Wildman–Crippen MR) is 120 cm³/mol. The van der Waals surface area contributed by atoms with Gasteiger partial charge in [0, 0.05) is 12.8 Å². The number of benzene rings is 1. The highest BCUT2D eigenvalue weighted by molar-refractivity contribution is 5.15. The highest BCUT2D eigenvalue weighted by Gasteiger charge is 2.36. The standard InChI is InChI=1S/C26H44N/c1-3-5-6-7-8-9-10-11-12-17-22-27(4-2)23-18-16-21-26(27)24-25-19-14-13-15-20-25/h4,13-15,19-20,26H,2-3,5-12,16-18,21-24H2,1H3/q+1. The van der Waals surface area contributed by atoms with Crippen LogP contribution in [0.3, 0.4) is 0 Å². The van der Waals surface area contributed by atoms with E-state index in [2.05, 4.69) is 50.0 Å². The first-order chi connectivity index (χ1) is 13.3. The Morgan fingerprint density at radius 1 is 0.889 bits per heavy atom. The Kier molecular flexibility index (Phi) is 10.8. The van der Waals surface area contributed by atoms with Crippen molar-refractivity contribution in [2.45, 2.75) is 103 Å². The summed E-state index contributed by atoms with van der Waals surface area (Å²) in [5, 5.41) is 0. The number of hydrogen-bond acceptors (Lipinski definition) is 0. The highest BCUT2D eigenvalue weighted by Crippen LogP contribution is 2.30. The molecule has 0 radical (unpaired) electrons. The smallest absolute Gasteiger partial charge is 0.0972 e. The van der Waals surface area contributed by atoms with E-state index >= 15 is 0 Å². The first kappa shape index (κ1) is 22.2. The van der Waals surface area contributed by atoms with Gasteiger partial charge in [-0.05, 0) is 37.8 Å². The molecule has 1 aliphatic rings. The molecule has 0 saturated carbocycles. The summed E-state index contributed by atoms with van der Waals surface area (Å²) in [6, 6.07) is 11.8. The number of quaternary nitrogens is 1.